The molecule has 0 spiro atoms. The Hall–Kier alpha value is -0.480. The van der Waals surface area contributed by atoms with E-state index in [1.54, 1.807) is 13.2 Å². The lowest BCUT2D eigenvalue weighted by Gasteiger charge is -2.23. The van der Waals surface area contributed by atoms with Gasteiger partial charge in [-0.3, -0.25) is 0 Å². The van der Waals surface area contributed by atoms with E-state index in [2.05, 4.69) is 6.92 Å². The maximum absolute atomic E-state index is 9.29. The van der Waals surface area contributed by atoms with Crippen LogP contribution < -0.4 is 10.5 Å². The zero-order valence-corrected chi connectivity index (χ0v) is 12.8. The topological polar surface area (TPSA) is 55.5 Å². The fourth-order valence-electron chi connectivity index (χ4n) is 2.26. The highest BCUT2D eigenvalue weighted by Gasteiger charge is 2.21. The largest absolute Gasteiger partial charge is 0.495 e. The Morgan fingerprint density at radius 1 is 1.37 bits per heavy atom. The molecule has 5 heteroatoms. The highest BCUT2D eigenvalue weighted by Crippen LogP contribution is 2.40. The van der Waals surface area contributed by atoms with Crippen molar-refractivity contribution in [2.45, 2.75) is 25.7 Å². The van der Waals surface area contributed by atoms with E-state index in [1.165, 1.54) is 0 Å². The van der Waals surface area contributed by atoms with Crippen molar-refractivity contribution in [3.63, 3.8) is 0 Å². The minimum absolute atomic E-state index is 0.0763. The van der Waals surface area contributed by atoms with Gasteiger partial charge in [-0.05, 0) is 43.4 Å². The van der Waals surface area contributed by atoms with Gasteiger partial charge in [0.2, 0.25) is 0 Å². The first-order valence-corrected chi connectivity index (χ1v) is 7.16. The van der Waals surface area contributed by atoms with Gasteiger partial charge in [-0.25, -0.2) is 0 Å². The van der Waals surface area contributed by atoms with Gasteiger partial charge in [-0.1, -0.05) is 30.1 Å². The number of rotatable bonds is 7. The summed E-state index contributed by atoms with van der Waals surface area (Å²) >= 11 is 12.2. The summed E-state index contributed by atoms with van der Waals surface area (Å²) in [6, 6.07) is 3.55. The highest BCUT2D eigenvalue weighted by molar-refractivity contribution is 6.35. The Morgan fingerprint density at radius 2 is 2.05 bits per heavy atom. The monoisotopic (exact) mass is 305 g/mol. The van der Waals surface area contributed by atoms with Crippen LogP contribution in [0.5, 0.6) is 5.75 Å². The van der Waals surface area contributed by atoms with Gasteiger partial charge in [0.05, 0.1) is 12.1 Å². The molecule has 3 N–H and O–H groups in total. The second-order valence-corrected chi connectivity index (χ2v) is 5.48. The molecule has 108 valence electrons. The smallest absolute Gasteiger partial charge is 0.141 e. The number of nitrogens with two attached hydrogens (primary N) is 1. The summed E-state index contributed by atoms with van der Waals surface area (Å²) in [5.41, 5.74) is 6.63. The summed E-state index contributed by atoms with van der Waals surface area (Å²) in [7, 11) is 1.60. The molecule has 0 radical (unpaired) electrons. The average molecular weight is 306 g/mol. The zero-order chi connectivity index (χ0) is 14.4. The van der Waals surface area contributed by atoms with Crippen LogP contribution in [-0.4, -0.2) is 25.4 Å². The molecule has 0 saturated carbocycles. The lowest BCUT2D eigenvalue weighted by atomic mass is 9.86. The average Bonchev–Trinajstić information content (AvgIpc) is 2.39. The van der Waals surface area contributed by atoms with Gasteiger partial charge in [0, 0.05) is 17.2 Å². The number of benzene rings is 1. The highest BCUT2D eigenvalue weighted by atomic mass is 35.5. The third kappa shape index (κ3) is 4.25. The molecule has 0 heterocycles. The van der Waals surface area contributed by atoms with Gasteiger partial charge in [-0.15, -0.1) is 0 Å². The molecule has 0 saturated heterocycles. The van der Waals surface area contributed by atoms with E-state index in [0.717, 1.165) is 18.4 Å². The molecule has 2 unspecified atom stereocenters. The minimum atomic E-state index is 0.0763. The molecule has 1 aromatic rings. The molecule has 0 aliphatic heterocycles. The number of aliphatic hydroxyl groups excluding tert-OH is 1. The zero-order valence-electron chi connectivity index (χ0n) is 11.3. The van der Waals surface area contributed by atoms with Gasteiger partial charge in [-0.2, -0.15) is 0 Å². The molecule has 0 amide bonds. The number of aliphatic hydroxyl groups is 1. The molecule has 2 atom stereocenters. The van der Waals surface area contributed by atoms with E-state index in [4.69, 9.17) is 33.7 Å². The van der Waals surface area contributed by atoms with Crippen molar-refractivity contribution in [3.05, 3.63) is 27.7 Å². The van der Waals surface area contributed by atoms with E-state index >= 15 is 0 Å². The Labute approximate surface area is 124 Å². The Kier molecular flexibility index (Phi) is 6.94. The summed E-state index contributed by atoms with van der Waals surface area (Å²) < 4.78 is 5.38. The maximum atomic E-state index is 9.29. The summed E-state index contributed by atoms with van der Waals surface area (Å²) in [6.45, 7) is 2.64. The molecule has 1 aromatic carbocycles. The Morgan fingerprint density at radius 3 is 2.53 bits per heavy atom. The van der Waals surface area contributed by atoms with Crippen LogP contribution in [0.25, 0.3) is 0 Å². The van der Waals surface area contributed by atoms with Crippen LogP contribution in [0.15, 0.2) is 12.1 Å². The number of hydrogen-bond donors (Lipinski definition) is 2. The molecule has 0 aliphatic carbocycles. The van der Waals surface area contributed by atoms with Gasteiger partial charge in [0.25, 0.3) is 0 Å². The van der Waals surface area contributed by atoms with Crippen molar-refractivity contribution in [2.24, 2.45) is 11.7 Å². The summed E-state index contributed by atoms with van der Waals surface area (Å²) in [6.07, 6.45) is 1.69. The maximum Gasteiger partial charge on any atom is 0.141 e. The van der Waals surface area contributed by atoms with Gasteiger partial charge in [0.1, 0.15) is 5.75 Å². The van der Waals surface area contributed by atoms with Crippen LogP contribution in [0.3, 0.4) is 0 Å². The number of ether oxygens (including phenoxy) is 1. The first-order valence-electron chi connectivity index (χ1n) is 6.41. The van der Waals surface area contributed by atoms with E-state index in [0.29, 0.717) is 22.3 Å². The lowest BCUT2D eigenvalue weighted by molar-refractivity contribution is 0.214. The number of methoxy groups -OCH3 is 1. The SMILES string of the molecule is CCC(CC(CN)CO)c1cc(Cl)cc(Cl)c1OC. The third-order valence-corrected chi connectivity index (χ3v) is 3.88. The normalized spacial score (nSPS) is 14.2. The Balaban J connectivity index is 3.09. The van der Waals surface area contributed by atoms with Gasteiger partial charge < -0.3 is 15.6 Å². The summed E-state index contributed by atoms with van der Waals surface area (Å²) in [5, 5.41) is 10.4. The van der Waals surface area contributed by atoms with Crippen LogP contribution in [0.1, 0.15) is 31.2 Å². The van der Waals surface area contributed by atoms with Crippen LogP contribution in [0, 0.1) is 5.92 Å². The molecule has 1 rings (SSSR count). The second-order valence-electron chi connectivity index (χ2n) is 4.64. The van der Waals surface area contributed by atoms with Crippen LogP contribution >= 0.6 is 23.2 Å². The van der Waals surface area contributed by atoms with Crippen LogP contribution in [0.4, 0.5) is 0 Å². The molecular weight excluding hydrogens is 285 g/mol. The molecule has 0 aliphatic rings. The Bertz CT molecular complexity index is 409. The van der Waals surface area contributed by atoms with E-state index in [-0.39, 0.29) is 18.4 Å². The van der Waals surface area contributed by atoms with Crippen molar-refractivity contribution in [1.29, 1.82) is 0 Å². The van der Waals surface area contributed by atoms with E-state index in [9.17, 15) is 5.11 Å². The predicted molar refractivity (Wildman–Crippen MR) is 80.3 cm³/mol. The molecule has 0 fully saturated rings. The molecule has 19 heavy (non-hydrogen) atoms. The summed E-state index contributed by atoms with van der Waals surface area (Å²) in [4.78, 5) is 0. The van der Waals surface area contributed by atoms with Gasteiger partial charge >= 0.3 is 0 Å². The lowest BCUT2D eigenvalue weighted by Crippen LogP contribution is -2.21. The molecule has 0 aromatic heterocycles. The van der Waals surface area contributed by atoms with Gasteiger partial charge in [0.15, 0.2) is 0 Å². The van der Waals surface area contributed by atoms with Crippen molar-refractivity contribution in [2.75, 3.05) is 20.3 Å². The van der Waals surface area contributed by atoms with Crippen LogP contribution in [0.2, 0.25) is 10.0 Å². The predicted octanol–water partition coefficient (Wildman–Crippen LogP) is 3.45. The van der Waals surface area contributed by atoms with Crippen molar-refractivity contribution < 1.29 is 9.84 Å². The second kappa shape index (κ2) is 7.95. The molecule has 0 bridgehead atoms. The van der Waals surface area contributed by atoms with Crippen LogP contribution in [-0.2, 0) is 0 Å². The fraction of sp³-hybridized carbons (Fsp3) is 0.571. The van der Waals surface area contributed by atoms with Crippen molar-refractivity contribution >= 4 is 23.2 Å². The molecular formula is C14H21Cl2NO2. The quantitative estimate of drug-likeness (QED) is 0.811. The number of halogens is 2. The first kappa shape index (κ1) is 16.6. The third-order valence-electron chi connectivity index (χ3n) is 3.38. The van der Waals surface area contributed by atoms with Crippen molar-refractivity contribution in [3.8, 4) is 5.75 Å². The molecule has 3 nitrogen and oxygen atoms in total. The van der Waals surface area contributed by atoms with Crippen molar-refractivity contribution in [1.82, 2.24) is 0 Å². The van der Waals surface area contributed by atoms with E-state index < -0.39 is 0 Å². The standard InChI is InChI=1S/C14H21Cl2NO2/c1-3-10(4-9(7-17)8-18)12-5-11(15)6-13(16)14(12)19-2/h5-6,9-10,18H,3-4,7-8,17H2,1-2H3. The number of hydrogen-bond acceptors (Lipinski definition) is 3. The summed E-state index contributed by atoms with van der Waals surface area (Å²) in [5.74, 6) is 0.950. The van der Waals surface area contributed by atoms with E-state index in [1.807, 2.05) is 6.07 Å². The minimum Gasteiger partial charge on any atom is -0.495 e. The fourth-order valence-corrected chi connectivity index (χ4v) is 2.85. The first-order chi connectivity index (χ1) is 9.07.